The van der Waals surface area contributed by atoms with Gasteiger partial charge in [0.1, 0.15) is 12.4 Å². The summed E-state index contributed by atoms with van der Waals surface area (Å²) < 4.78 is 7.58. The maximum atomic E-state index is 6.01. The number of hydrogen-bond acceptors (Lipinski definition) is 6. The molecule has 0 aliphatic heterocycles. The molecular formula is C14H15ClN4OS2. The lowest BCUT2D eigenvalue weighted by Crippen LogP contribution is -1.99. The van der Waals surface area contributed by atoms with E-state index in [0.29, 0.717) is 6.61 Å². The van der Waals surface area contributed by atoms with E-state index in [1.807, 2.05) is 25.1 Å². The number of hydrogen-bond donors (Lipinski definition) is 0. The molecule has 0 aliphatic rings. The Morgan fingerprint density at radius 3 is 3.00 bits per heavy atom. The van der Waals surface area contributed by atoms with Gasteiger partial charge in [0.2, 0.25) is 4.96 Å². The quantitative estimate of drug-likeness (QED) is 0.670. The molecule has 0 bridgehead atoms. The van der Waals surface area contributed by atoms with Gasteiger partial charge in [-0.15, -0.1) is 10.2 Å². The Balaban J connectivity index is 1.71. The Bertz CT molecular complexity index is 786. The molecule has 1 aromatic carbocycles. The third-order valence-electron chi connectivity index (χ3n) is 3.02. The number of thioether (sulfide) groups is 1. The number of nitrogens with zero attached hydrogens (tertiary/aromatic N) is 4. The Kier molecular flexibility index (Phi) is 4.85. The van der Waals surface area contributed by atoms with E-state index in [2.05, 4.69) is 22.2 Å². The highest BCUT2D eigenvalue weighted by Crippen LogP contribution is 2.23. The lowest BCUT2D eigenvalue weighted by molar-refractivity contribution is 0.304. The number of aromatic nitrogens is 4. The predicted molar refractivity (Wildman–Crippen MR) is 91.0 cm³/mol. The van der Waals surface area contributed by atoms with Crippen LogP contribution in [0.25, 0.3) is 4.96 Å². The maximum absolute atomic E-state index is 6.01. The van der Waals surface area contributed by atoms with Crippen LogP contribution in [-0.4, -0.2) is 25.6 Å². The van der Waals surface area contributed by atoms with E-state index in [0.717, 1.165) is 43.6 Å². The van der Waals surface area contributed by atoms with Gasteiger partial charge in [-0.1, -0.05) is 29.9 Å². The second-order valence-electron chi connectivity index (χ2n) is 4.64. The van der Waals surface area contributed by atoms with E-state index in [4.69, 9.17) is 16.3 Å². The first-order valence-corrected chi connectivity index (χ1v) is 9.19. The fourth-order valence-electron chi connectivity index (χ4n) is 1.89. The Hall–Kier alpha value is -1.31. The fraction of sp³-hybridized carbons (Fsp3) is 0.357. The molecule has 0 atom stereocenters. The van der Waals surface area contributed by atoms with Crippen LogP contribution in [0, 0.1) is 6.92 Å². The summed E-state index contributed by atoms with van der Waals surface area (Å²) in [6.07, 6.45) is 0. The molecule has 0 saturated carbocycles. The number of halogens is 1. The molecule has 3 rings (SSSR count). The zero-order valence-corrected chi connectivity index (χ0v) is 14.6. The summed E-state index contributed by atoms with van der Waals surface area (Å²) in [6, 6.07) is 5.62. The van der Waals surface area contributed by atoms with E-state index in [1.54, 1.807) is 16.3 Å². The lowest BCUT2D eigenvalue weighted by Gasteiger charge is -2.05. The van der Waals surface area contributed by atoms with Crippen LogP contribution in [0.5, 0.6) is 5.75 Å². The highest BCUT2D eigenvalue weighted by Gasteiger charge is 2.12. The van der Waals surface area contributed by atoms with E-state index in [-0.39, 0.29) is 0 Å². The summed E-state index contributed by atoms with van der Waals surface area (Å²) in [4.78, 5) is 0.803. The van der Waals surface area contributed by atoms with Crippen molar-refractivity contribution in [2.45, 2.75) is 26.2 Å². The van der Waals surface area contributed by atoms with Crippen LogP contribution in [0.2, 0.25) is 5.02 Å². The summed E-state index contributed by atoms with van der Waals surface area (Å²) in [7, 11) is 0. The van der Waals surface area contributed by atoms with Crippen LogP contribution in [0.3, 0.4) is 0 Å². The topological polar surface area (TPSA) is 52.3 Å². The second kappa shape index (κ2) is 6.85. The zero-order chi connectivity index (χ0) is 15.5. The van der Waals surface area contributed by atoms with Crippen LogP contribution in [0.15, 0.2) is 18.2 Å². The number of rotatable bonds is 6. The first-order valence-electron chi connectivity index (χ1n) is 6.84. The van der Waals surface area contributed by atoms with Crippen molar-refractivity contribution < 1.29 is 4.74 Å². The maximum Gasteiger partial charge on any atom is 0.234 e. The third kappa shape index (κ3) is 3.37. The van der Waals surface area contributed by atoms with Gasteiger partial charge in [-0.2, -0.15) is 21.4 Å². The van der Waals surface area contributed by atoms with Crippen molar-refractivity contribution in [3.05, 3.63) is 39.6 Å². The molecule has 3 aromatic rings. The number of fused-ring (bicyclic) bond motifs is 1. The van der Waals surface area contributed by atoms with Crippen LogP contribution < -0.4 is 4.74 Å². The summed E-state index contributed by atoms with van der Waals surface area (Å²) >= 11 is 9.31. The molecule has 22 heavy (non-hydrogen) atoms. The van der Waals surface area contributed by atoms with Gasteiger partial charge < -0.3 is 4.74 Å². The zero-order valence-electron chi connectivity index (χ0n) is 12.2. The SMILES string of the molecule is CCSCc1nnc2sc(COc3ccc(Cl)c(C)c3)nn12. The van der Waals surface area contributed by atoms with Gasteiger partial charge in [-0.05, 0) is 36.4 Å². The van der Waals surface area contributed by atoms with E-state index < -0.39 is 0 Å². The summed E-state index contributed by atoms with van der Waals surface area (Å²) in [5.74, 6) is 3.53. The van der Waals surface area contributed by atoms with Crippen molar-refractivity contribution in [1.82, 2.24) is 19.8 Å². The number of benzene rings is 1. The van der Waals surface area contributed by atoms with Crippen LogP contribution in [0.4, 0.5) is 0 Å². The molecule has 2 aromatic heterocycles. The van der Waals surface area contributed by atoms with Crippen LogP contribution in [0.1, 0.15) is 23.3 Å². The normalized spacial score (nSPS) is 11.2. The molecule has 0 radical (unpaired) electrons. The lowest BCUT2D eigenvalue weighted by atomic mass is 10.2. The fourth-order valence-corrected chi connectivity index (χ4v) is 3.34. The van der Waals surface area contributed by atoms with Gasteiger partial charge in [0.05, 0.1) is 5.75 Å². The van der Waals surface area contributed by atoms with Crippen molar-refractivity contribution in [3.8, 4) is 5.75 Å². The molecule has 0 N–H and O–H groups in total. The first kappa shape index (κ1) is 15.6. The van der Waals surface area contributed by atoms with E-state index in [9.17, 15) is 0 Å². The molecule has 8 heteroatoms. The number of ether oxygens (including phenoxy) is 1. The molecule has 116 valence electrons. The Labute approximate surface area is 141 Å². The minimum Gasteiger partial charge on any atom is -0.486 e. The summed E-state index contributed by atoms with van der Waals surface area (Å²) in [5.41, 5.74) is 0.996. The van der Waals surface area contributed by atoms with E-state index >= 15 is 0 Å². The van der Waals surface area contributed by atoms with Crippen LogP contribution in [-0.2, 0) is 12.4 Å². The largest absolute Gasteiger partial charge is 0.486 e. The Morgan fingerprint density at radius 1 is 1.36 bits per heavy atom. The average Bonchev–Trinajstić information content (AvgIpc) is 3.07. The molecule has 5 nitrogen and oxygen atoms in total. The standard InChI is InChI=1S/C14H15ClN4OS2/c1-3-21-8-12-16-17-14-19(12)18-13(22-14)7-20-10-4-5-11(15)9(2)6-10/h4-6H,3,7-8H2,1-2H3. The monoisotopic (exact) mass is 354 g/mol. The molecule has 0 amide bonds. The smallest absolute Gasteiger partial charge is 0.234 e. The summed E-state index contributed by atoms with van der Waals surface area (Å²) in [5, 5.41) is 14.5. The highest BCUT2D eigenvalue weighted by molar-refractivity contribution is 7.98. The van der Waals surface area contributed by atoms with Gasteiger partial charge >= 0.3 is 0 Å². The van der Waals surface area contributed by atoms with Crippen molar-refractivity contribution in [2.24, 2.45) is 0 Å². The molecule has 0 saturated heterocycles. The molecule has 2 heterocycles. The summed E-state index contributed by atoms with van der Waals surface area (Å²) in [6.45, 7) is 4.49. The van der Waals surface area contributed by atoms with Crippen molar-refractivity contribution in [3.63, 3.8) is 0 Å². The molecule has 0 fully saturated rings. The van der Waals surface area contributed by atoms with Gasteiger partial charge in [0.25, 0.3) is 0 Å². The minimum atomic E-state index is 0.412. The van der Waals surface area contributed by atoms with Gasteiger partial charge in [-0.3, -0.25) is 0 Å². The first-order chi connectivity index (χ1) is 10.7. The van der Waals surface area contributed by atoms with Crippen molar-refractivity contribution in [1.29, 1.82) is 0 Å². The second-order valence-corrected chi connectivity index (χ2v) is 7.37. The van der Waals surface area contributed by atoms with Crippen LogP contribution >= 0.6 is 34.7 Å². The van der Waals surface area contributed by atoms with Crippen molar-refractivity contribution in [2.75, 3.05) is 5.75 Å². The highest BCUT2D eigenvalue weighted by atomic mass is 35.5. The molecule has 0 spiro atoms. The molecule has 0 aliphatic carbocycles. The van der Waals surface area contributed by atoms with Gasteiger partial charge in [-0.25, -0.2) is 0 Å². The number of aryl methyl sites for hydroxylation is 1. The third-order valence-corrected chi connectivity index (χ3v) is 5.19. The molecular weight excluding hydrogens is 340 g/mol. The van der Waals surface area contributed by atoms with Gasteiger partial charge in [0, 0.05) is 5.02 Å². The minimum absolute atomic E-state index is 0.412. The molecule has 0 unspecified atom stereocenters. The van der Waals surface area contributed by atoms with Gasteiger partial charge in [0.15, 0.2) is 10.8 Å². The Morgan fingerprint density at radius 2 is 2.23 bits per heavy atom. The van der Waals surface area contributed by atoms with Crippen molar-refractivity contribution >= 4 is 39.7 Å². The average molecular weight is 355 g/mol. The van der Waals surface area contributed by atoms with E-state index in [1.165, 1.54) is 11.3 Å². The predicted octanol–water partition coefficient (Wildman–Crippen LogP) is 3.98.